The van der Waals surface area contributed by atoms with Crippen molar-refractivity contribution in [3.05, 3.63) is 36.3 Å². The van der Waals surface area contributed by atoms with Crippen LogP contribution in [0.25, 0.3) is 22.9 Å². The number of Topliss-reactive ketones (excluding diaryl/α,β-unsaturated/α-hetero) is 1. The number of ketones is 1. The van der Waals surface area contributed by atoms with Gasteiger partial charge in [-0.2, -0.15) is 5.10 Å². The monoisotopic (exact) mass is 453 g/mol. The Hall–Kier alpha value is -3.53. The van der Waals surface area contributed by atoms with Gasteiger partial charge in [-0.1, -0.05) is 6.07 Å². The number of rotatable bonds is 8. The Labute approximate surface area is 191 Å². The predicted octanol–water partition coefficient (Wildman–Crippen LogP) is 2.64. The number of nitrogens with zero attached hydrogens (tertiary/aromatic N) is 5. The zero-order valence-corrected chi connectivity index (χ0v) is 19.1. The molecule has 0 radical (unpaired) electrons. The molecular weight excluding hydrogens is 426 g/mol. The van der Waals surface area contributed by atoms with E-state index < -0.39 is 11.9 Å². The van der Waals surface area contributed by atoms with E-state index in [2.05, 4.69) is 10.1 Å². The third kappa shape index (κ3) is 4.38. The number of carbonyl (C=O) groups is 2. The highest BCUT2D eigenvalue weighted by Gasteiger charge is 2.31. The molecule has 33 heavy (non-hydrogen) atoms. The quantitative estimate of drug-likeness (QED) is 0.378. The second-order valence-electron chi connectivity index (χ2n) is 7.95. The maximum Gasteiger partial charge on any atom is 0.321 e. The summed E-state index contributed by atoms with van der Waals surface area (Å²) in [7, 11) is 1.41. The van der Waals surface area contributed by atoms with Crippen LogP contribution >= 0.6 is 0 Å². The van der Waals surface area contributed by atoms with Gasteiger partial charge in [0.25, 0.3) is 0 Å². The number of benzene rings is 1. The number of fused-ring (bicyclic) bond motifs is 3. The zero-order chi connectivity index (χ0) is 23.5. The molecule has 4 rings (SSSR count). The molecule has 0 N–H and O–H groups in total. The van der Waals surface area contributed by atoms with E-state index in [1.54, 1.807) is 19.1 Å². The van der Waals surface area contributed by atoms with Crippen molar-refractivity contribution in [1.82, 2.24) is 24.3 Å². The van der Waals surface area contributed by atoms with Gasteiger partial charge in [0.2, 0.25) is 0 Å². The van der Waals surface area contributed by atoms with E-state index in [-0.39, 0.29) is 25.0 Å². The lowest BCUT2D eigenvalue weighted by molar-refractivity contribution is -0.148. The first-order valence-electron chi connectivity index (χ1n) is 10.9. The maximum absolute atomic E-state index is 12.6. The minimum absolute atomic E-state index is 0.145. The second kappa shape index (κ2) is 9.53. The molecule has 0 saturated carbocycles. The first kappa shape index (κ1) is 22.7. The lowest BCUT2D eigenvalue weighted by Crippen LogP contribution is -2.27. The molecule has 0 amide bonds. The van der Waals surface area contributed by atoms with E-state index in [0.29, 0.717) is 36.0 Å². The summed E-state index contributed by atoms with van der Waals surface area (Å²) in [5.41, 5.74) is 1.97. The lowest BCUT2D eigenvalue weighted by atomic mass is 9.93. The Morgan fingerprint density at radius 1 is 1.24 bits per heavy atom. The van der Waals surface area contributed by atoms with Gasteiger partial charge in [0, 0.05) is 19.3 Å². The molecule has 1 aliphatic rings. The number of aromatic nitrogens is 5. The summed E-state index contributed by atoms with van der Waals surface area (Å²) < 4.78 is 19.9. The van der Waals surface area contributed by atoms with Gasteiger partial charge in [-0.25, -0.2) is 14.6 Å². The molecule has 1 aliphatic heterocycles. The van der Waals surface area contributed by atoms with Gasteiger partial charge < -0.3 is 18.8 Å². The average molecular weight is 453 g/mol. The number of carbonyl (C=O) groups excluding carboxylic acids is 2. The van der Waals surface area contributed by atoms with Crippen molar-refractivity contribution in [1.29, 1.82) is 0 Å². The van der Waals surface area contributed by atoms with Crippen molar-refractivity contribution < 1.29 is 23.8 Å². The molecule has 2 aromatic heterocycles. The summed E-state index contributed by atoms with van der Waals surface area (Å²) in [5.74, 6) is -0.100. The SMILES string of the molecule is CCOC(=O)C(C(=O)COC)c1ccc2c(c1)OCCn1cc(-c3ncnn3C(C)C)nc1-2. The molecule has 0 aliphatic carbocycles. The van der Waals surface area contributed by atoms with Crippen LogP contribution in [-0.4, -0.2) is 63.0 Å². The summed E-state index contributed by atoms with van der Waals surface area (Å²) in [6.45, 7) is 6.76. The first-order chi connectivity index (χ1) is 15.9. The van der Waals surface area contributed by atoms with Gasteiger partial charge in [0.05, 0.1) is 18.7 Å². The molecule has 1 aromatic carbocycles. The maximum atomic E-state index is 12.6. The summed E-state index contributed by atoms with van der Waals surface area (Å²) in [6, 6.07) is 5.41. The Kier molecular flexibility index (Phi) is 6.55. The fourth-order valence-corrected chi connectivity index (χ4v) is 3.90. The number of methoxy groups -OCH3 is 1. The Balaban J connectivity index is 1.74. The largest absolute Gasteiger partial charge is 0.491 e. The van der Waals surface area contributed by atoms with Crippen LogP contribution in [0, 0.1) is 0 Å². The van der Waals surface area contributed by atoms with Gasteiger partial charge >= 0.3 is 5.97 Å². The fraction of sp³-hybridized carbons (Fsp3) is 0.435. The van der Waals surface area contributed by atoms with E-state index in [1.807, 2.05) is 35.4 Å². The first-order valence-corrected chi connectivity index (χ1v) is 10.9. The zero-order valence-electron chi connectivity index (χ0n) is 19.1. The molecule has 1 atom stereocenters. The normalized spacial score (nSPS) is 13.6. The smallest absolute Gasteiger partial charge is 0.321 e. The molecule has 10 nitrogen and oxygen atoms in total. The Bertz CT molecular complexity index is 1150. The summed E-state index contributed by atoms with van der Waals surface area (Å²) in [4.78, 5) is 34.4. The van der Waals surface area contributed by atoms with E-state index in [4.69, 9.17) is 19.2 Å². The minimum atomic E-state index is -1.08. The number of hydrogen-bond acceptors (Lipinski definition) is 8. The molecule has 0 bridgehead atoms. The molecule has 10 heteroatoms. The standard InChI is InChI=1S/C23H27N5O5/c1-5-32-23(30)20(18(29)12-31-4)15-6-7-16-19(10-15)33-9-8-27-11-17(26-21(16)27)22-24-13-25-28(22)14(2)3/h6-7,10-11,13-14,20H,5,8-9,12H2,1-4H3. The van der Waals surface area contributed by atoms with Crippen molar-refractivity contribution in [3.63, 3.8) is 0 Å². The average Bonchev–Trinajstić information content (AvgIpc) is 3.39. The summed E-state index contributed by atoms with van der Waals surface area (Å²) >= 11 is 0. The Morgan fingerprint density at radius 2 is 2.06 bits per heavy atom. The summed E-state index contributed by atoms with van der Waals surface area (Å²) in [5, 5.41) is 4.30. The molecule has 0 spiro atoms. The van der Waals surface area contributed by atoms with Crippen LogP contribution in [0.15, 0.2) is 30.7 Å². The van der Waals surface area contributed by atoms with Gasteiger partial charge in [-0.15, -0.1) is 0 Å². The molecule has 0 fully saturated rings. The third-order valence-corrected chi connectivity index (χ3v) is 5.37. The van der Waals surface area contributed by atoms with Crippen molar-refractivity contribution in [2.45, 2.75) is 39.3 Å². The topological polar surface area (TPSA) is 110 Å². The van der Waals surface area contributed by atoms with E-state index >= 15 is 0 Å². The molecule has 1 unspecified atom stereocenters. The van der Waals surface area contributed by atoms with Crippen molar-refractivity contribution in [2.24, 2.45) is 0 Å². The highest BCUT2D eigenvalue weighted by atomic mass is 16.5. The van der Waals surface area contributed by atoms with Crippen LogP contribution in [0.1, 0.15) is 38.3 Å². The van der Waals surface area contributed by atoms with Crippen LogP contribution in [0.2, 0.25) is 0 Å². The fourth-order valence-electron chi connectivity index (χ4n) is 3.90. The van der Waals surface area contributed by atoms with Gasteiger partial charge in [0.1, 0.15) is 42.7 Å². The molecule has 3 aromatic rings. The van der Waals surface area contributed by atoms with Gasteiger partial charge in [0.15, 0.2) is 11.6 Å². The highest BCUT2D eigenvalue weighted by Crippen LogP contribution is 2.36. The van der Waals surface area contributed by atoms with Gasteiger partial charge in [-0.05, 0) is 38.5 Å². The highest BCUT2D eigenvalue weighted by molar-refractivity contribution is 6.05. The van der Waals surface area contributed by atoms with E-state index in [1.165, 1.54) is 13.4 Å². The lowest BCUT2D eigenvalue weighted by Gasteiger charge is -2.16. The van der Waals surface area contributed by atoms with Crippen LogP contribution in [0.4, 0.5) is 0 Å². The van der Waals surface area contributed by atoms with Crippen molar-refractivity contribution in [3.8, 4) is 28.7 Å². The van der Waals surface area contributed by atoms with Crippen LogP contribution in [0.5, 0.6) is 5.75 Å². The number of ether oxygens (including phenoxy) is 3. The predicted molar refractivity (Wildman–Crippen MR) is 119 cm³/mol. The molecule has 0 saturated heterocycles. The van der Waals surface area contributed by atoms with Gasteiger partial charge in [-0.3, -0.25) is 9.59 Å². The Morgan fingerprint density at radius 3 is 2.79 bits per heavy atom. The third-order valence-electron chi connectivity index (χ3n) is 5.37. The summed E-state index contributed by atoms with van der Waals surface area (Å²) in [6.07, 6.45) is 3.46. The van der Waals surface area contributed by atoms with E-state index in [9.17, 15) is 9.59 Å². The second-order valence-corrected chi connectivity index (χ2v) is 7.95. The molecule has 174 valence electrons. The number of hydrogen-bond donors (Lipinski definition) is 0. The molecule has 3 heterocycles. The van der Waals surface area contributed by atoms with Crippen LogP contribution < -0.4 is 4.74 Å². The van der Waals surface area contributed by atoms with E-state index in [0.717, 1.165) is 11.4 Å². The van der Waals surface area contributed by atoms with Crippen LogP contribution in [0.3, 0.4) is 0 Å². The molecular formula is C23H27N5O5. The van der Waals surface area contributed by atoms with Crippen molar-refractivity contribution >= 4 is 11.8 Å². The van der Waals surface area contributed by atoms with Crippen LogP contribution in [-0.2, 0) is 25.6 Å². The van der Waals surface area contributed by atoms with Crippen molar-refractivity contribution in [2.75, 3.05) is 26.9 Å². The number of imidazole rings is 1. The minimum Gasteiger partial charge on any atom is -0.491 e. The number of esters is 1.